The second-order valence-electron chi connectivity index (χ2n) is 4.86. The number of hydrogen-bond donors (Lipinski definition) is 3. The molecule has 0 aromatic heterocycles. The second kappa shape index (κ2) is 5.88. The molecule has 0 radical (unpaired) electrons. The van der Waals surface area contributed by atoms with Gasteiger partial charge in [-0.25, -0.2) is 0 Å². The van der Waals surface area contributed by atoms with Crippen molar-refractivity contribution in [1.82, 2.24) is 4.90 Å². The van der Waals surface area contributed by atoms with Crippen LogP contribution in [0.25, 0.3) is 0 Å². The zero-order valence-corrected chi connectivity index (χ0v) is 11.4. The topological polar surface area (TPSA) is 72.8 Å². The lowest BCUT2D eigenvalue weighted by atomic mass is 10.2. The standard InChI is InChI=1S/C13H17ClN2O3/c1-8-2-3-10(9(14)4-8)15-13(19)7-16-5-11(17)12(18)6-16/h2-4,11-12,17-18H,5-7H2,1H3,(H,15,19). The Bertz CT molecular complexity index is 471. The Balaban J connectivity index is 1.91. The van der Waals surface area contributed by atoms with Gasteiger partial charge in [-0.15, -0.1) is 0 Å². The summed E-state index contributed by atoms with van der Waals surface area (Å²) in [5, 5.41) is 22.0. The van der Waals surface area contributed by atoms with E-state index in [1.807, 2.05) is 13.0 Å². The molecule has 3 N–H and O–H groups in total. The summed E-state index contributed by atoms with van der Waals surface area (Å²) in [6.07, 6.45) is -1.56. The summed E-state index contributed by atoms with van der Waals surface area (Å²) < 4.78 is 0. The largest absolute Gasteiger partial charge is 0.389 e. The van der Waals surface area contributed by atoms with Gasteiger partial charge in [0, 0.05) is 13.1 Å². The van der Waals surface area contributed by atoms with E-state index < -0.39 is 12.2 Å². The summed E-state index contributed by atoms with van der Waals surface area (Å²) in [7, 11) is 0. The summed E-state index contributed by atoms with van der Waals surface area (Å²) in [5.41, 5.74) is 1.59. The smallest absolute Gasteiger partial charge is 0.238 e. The highest BCUT2D eigenvalue weighted by Crippen LogP contribution is 2.22. The van der Waals surface area contributed by atoms with Crippen LogP contribution in [-0.4, -0.2) is 52.9 Å². The van der Waals surface area contributed by atoms with Crippen LogP contribution in [0.1, 0.15) is 5.56 Å². The maximum absolute atomic E-state index is 11.8. The molecule has 0 spiro atoms. The molecule has 1 aliphatic rings. The molecule has 1 aromatic rings. The van der Waals surface area contributed by atoms with Gasteiger partial charge in [-0.2, -0.15) is 0 Å². The average molecular weight is 285 g/mol. The number of aliphatic hydroxyl groups excluding tert-OH is 2. The third kappa shape index (κ3) is 3.67. The summed E-state index contributed by atoms with van der Waals surface area (Å²) in [4.78, 5) is 13.5. The molecule has 0 saturated carbocycles. The number of aliphatic hydroxyl groups is 2. The van der Waals surface area contributed by atoms with Crippen molar-refractivity contribution < 1.29 is 15.0 Å². The molecule has 1 heterocycles. The van der Waals surface area contributed by atoms with Crippen LogP contribution in [0, 0.1) is 6.92 Å². The molecular weight excluding hydrogens is 268 g/mol. The lowest BCUT2D eigenvalue weighted by Gasteiger charge is -2.15. The number of β-amino-alcohol motifs (C(OH)–C–C–N with tert-alkyl or cyclic N) is 2. The van der Waals surface area contributed by atoms with E-state index in [2.05, 4.69) is 5.32 Å². The second-order valence-corrected chi connectivity index (χ2v) is 5.27. The van der Waals surface area contributed by atoms with Crippen LogP contribution in [0.4, 0.5) is 5.69 Å². The highest BCUT2D eigenvalue weighted by atomic mass is 35.5. The van der Waals surface area contributed by atoms with Crippen LogP contribution in [0.3, 0.4) is 0 Å². The molecule has 1 aliphatic heterocycles. The zero-order valence-electron chi connectivity index (χ0n) is 10.6. The van der Waals surface area contributed by atoms with Gasteiger partial charge >= 0.3 is 0 Å². The molecule has 2 atom stereocenters. The first kappa shape index (κ1) is 14.3. The van der Waals surface area contributed by atoms with E-state index in [1.165, 1.54) is 0 Å². The molecule has 2 rings (SSSR count). The molecule has 104 valence electrons. The van der Waals surface area contributed by atoms with E-state index >= 15 is 0 Å². The van der Waals surface area contributed by atoms with Crippen LogP contribution < -0.4 is 5.32 Å². The third-order valence-electron chi connectivity index (χ3n) is 3.10. The van der Waals surface area contributed by atoms with Crippen LogP contribution in [0.15, 0.2) is 18.2 Å². The maximum Gasteiger partial charge on any atom is 0.238 e. The number of hydrogen-bond acceptors (Lipinski definition) is 4. The van der Waals surface area contributed by atoms with Gasteiger partial charge in [-0.05, 0) is 24.6 Å². The van der Waals surface area contributed by atoms with E-state index in [1.54, 1.807) is 17.0 Å². The molecule has 1 aromatic carbocycles. The molecule has 0 bridgehead atoms. The number of halogens is 1. The minimum Gasteiger partial charge on any atom is -0.389 e. The molecule has 1 saturated heterocycles. The van der Waals surface area contributed by atoms with Crippen LogP contribution in [0.5, 0.6) is 0 Å². The van der Waals surface area contributed by atoms with Gasteiger partial charge in [0.05, 0.1) is 29.5 Å². The van der Waals surface area contributed by atoms with Crippen molar-refractivity contribution in [3.05, 3.63) is 28.8 Å². The first-order valence-corrected chi connectivity index (χ1v) is 6.48. The highest BCUT2D eigenvalue weighted by molar-refractivity contribution is 6.33. The Morgan fingerprint density at radius 1 is 1.42 bits per heavy atom. The average Bonchev–Trinajstić information content (AvgIpc) is 2.62. The molecule has 0 aliphatic carbocycles. The molecular formula is C13H17ClN2O3. The number of carbonyl (C=O) groups excluding carboxylic acids is 1. The number of likely N-dealkylation sites (tertiary alicyclic amines) is 1. The quantitative estimate of drug-likeness (QED) is 0.761. The van der Waals surface area contributed by atoms with Crippen molar-refractivity contribution in [3.8, 4) is 0 Å². The summed E-state index contributed by atoms with van der Waals surface area (Å²) in [5.74, 6) is -0.216. The lowest BCUT2D eigenvalue weighted by Crippen LogP contribution is -2.32. The fourth-order valence-electron chi connectivity index (χ4n) is 2.09. The Morgan fingerprint density at radius 3 is 2.63 bits per heavy atom. The minimum atomic E-state index is -0.782. The number of nitrogens with one attached hydrogen (secondary N) is 1. The fraction of sp³-hybridized carbons (Fsp3) is 0.462. The van der Waals surface area contributed by atoms with E-state index in [0.29, 0.717) is 23.8 Å². The number of carbonyl (C=O) groups is 1. The van der Waals surface area contributed by atoms with Crippen molar-refractivity contribution in [2.75, 3.05) is 25.0 Å². The molecule has 19 heavy (non-hydrogen) atoms. The van der Waals surface area contributed by atoms with Crippen LogP contribution in [0.2, 0.25) is 5.02 Å². The monoisotopic (exact) mass is 284 g/mol. The van der Waals surface area contributed by atoms with Gasteiger partial charge in [0.1, 0.15) is 0 Å². The lowest BCUT2D eigenvalue weighted by molar-refractivity contribution is -0.117. The highest BCUT2D eigenvalue weighted by Gasteiger charge is 2.30. The Morgan fingerprint density at radius 2 is 2.05 bits per heavy atom. The first-order valence-electron chi connectivity index (χ1n) is 6.10. The third-order valence-corrected chi connectivity index (χ3v) is 3.41. The van der Waals surface area contributed by atoms with Crippen molar-refractivity contribution >= 4 is 23.2 Å². The number of amides is 1. The van der Waals surface area contributed by atoms with E-state index in [9.17, 15) is 15.0 Å². The number of nitrogens with zero attached hydrogens (tertiary/aromatic N) is 1. The number of anilines is 1. The number of aryl methyl sites for hydroxylation is 1. The van der Waals surface area contributed by atoms with E-state index in [4.69, 9.17) is 11.6 Å². The zero-order chi connectivity index (χ0) is 14.0. The first-order chi connectivity index (χ1) is 8.95. The van der Waals surface area contributed by atoms with Gasteiger partial charge in [0.25, 0.3) is 0 Å². The fourth-order valence-corrected chi connectivity index (χ4v) is 2.37. The van der Waals surface area contributed by atoms with Crippen LogP contribution in [-0.2, 0) is 4.79 Å². The molecule has 6 heteroatoms. The molecule has 2 unspecified atom stereocenters. The van der Waals surface area contributed by atoms with Gasteiger partial charge < -0.3 is 15.5 Å². The van der Waals surface area contributed by atoms with Crippen molar-refractivity contribution in [2.45, 2.75) is 19.1 Å². The van der Waals surface area contributed by atoms with Crippen molar-refractivity contribution in [2.24, 2.45) is 0 Å². The van der Waals surface area contributed by atoms with Crippen molar-refractivity contribution in [1.29, 1.82) is 0 Å². The van der Waals surface area contributed by atoms with E-state index in [-0.39, 0.29) is 12.5 Å². The summed E-state index contributed by atoms with van der Waals surface area (Å²) in [6, 6.07) is 5.40. The Kier molecular flexibility index (Phi) is 4.42. The van der Waals surface area contributed by atoms with E-state index in [0.717, 1.165) is 5.56 Å². The number of rotatable bonds is 3. The van der Waals surface area contributed by atoms with Gasteiger partial charge in [-0.1, -0.05) is 17.7 Å². The molecule has 1 amide bonds. The Hall–Kier alpha value is -1.14. The molecule has 1 fully saturated rings. The van der Waals surface area contributed by atoms with Gasteiger partial charge in [-0.3, -0.25) is 9.69 Å². The number of benzene rings is 1. The summed E-state index contributed by atoms with van der Waals surface area (Å²) >= 11 is 6.03. The molecule has 5 nitrogen and oxygen atoms in total. The summed E-state index contributed by atoms with van der Waals surface area (Å²) in [6.45, 7) is 2.65. The van der Waals surface area contributed by atoms with Gasteiger partial charge in [0.2, 0.25) is 5.91 Å². The normalized spacial score (nSPS) is 23.6. The van der Waals surface area contributed by atoms with Gasteiger partial charge in [0.15, 0.2) is 0 Å². The maximum atomic E-state index is 11.8. The SMILES string of the molecule is Cc1ccc(NC(=O)CN2CC(O)C(O)C2)c(Cl)c1. The predicted octanol–water partition coefficient (Wildman–Crippen LogP) is 0.624. The Labute approximate surface area is 116 Å². The van der Waals surface area contributed by atoms with Crippen molar-refractivity contribution in [3.63, 3.8) is 0 Å². The van der Waals surface area contributed by atoms with Crippen LogP contribution >= 0.6 is 11.6 Å². The minimum absolute atomic E-state index is 0.123. The predicted molar refractivity (Wildman–Crippen MR) is 73.3 cm³/mol.